The molecule has 2 aliphatic rings. The lowest BCUT2D eigenvalue weighted by Gasteiger charge is -2.36. The second kappa shape index (κ2) is 7.55. The van der Waals surface area contributed by atoms with E-state index in [1.165, 1.54) is 0 Å². The minimum Gasteiger partial charge on any atom is -0.497 e. The van der Waals surface area contributed by atoms with Gasteiger partial charge < -0.3 is 19.9 Å². The van der Waals surface area contributed by atoms with Crippen LogP contribution in [-0.2, 0) is 14.4 Å². The number of ether oxygens (including phenoxy) is 1. The number of piperidine rings is 1. The summed E-state index contributed by atoms with van der Waals surface area (Å²) in [7, 11) is 1.57. The van der Waals surface area contributed by atoms with Crippen LogP contribution < -0.4 is 10.1 Å². The highest BCUT2D eigenvalue weighted by Crippen LogP contribution is 2.22. The van der Waals surface area contributed by atoms with Gasteiger partial charge in [-0.2, -0.15) is 0 Å². The Balaban J connectivity index is 1.51. The summed E-state index contributed by atoms with van der Waals surface area (Å²) in [6.45, 7) is 1.82. The molecule has 7 nitrogen and oxygen atoms in total. The molecular formula is C18H23N3O4. The number of nitrogens with one attached hydrogen (secondary N) is 1. The van der Waals surface area contributed by atoms with Crippen molar-refractivity contribution in [1.29, 1.82) is 0 Å². The summed E-state index contributed by atoms with van der Waals surface area (Å²) in [6.07, 6.45) is 3.01. The van der Waals surface area contributed by atoms with Crippen molar-refractivity contribution < 1.29 is 19.1 Å². The molecule has 0 radical (unpaired) electrons. The van der Waals surface area contributed by atoms with Gasteiger partial charge in [0.25, 0.3) is 0 Å². The quantitative estimate of drug-likeness (QED) is 0.836. The van der Waals surface area contributed by atoms with Crippen LogP contribution in [0.4, 0.5) is 5.69 Å². The maximum Gasteiger partial charge on any atom is 0.313 e. The molecule has 0 atom stereocenters. The summed E-state index contributed by atoms with van der Waals surface area (Å²) >= 11 is 0. The van der Waals surface area contributed by atoms with Gasteiger partial charge in [-0.25, -0.2) is 0 Å². The van der Waals surface area contributed by atoms with E-state index in [4.69, 9.17) is 4.74 Å². The van der Waals surface area contributed by atoms with E-state index in [2.05, 4.69) is 5.32 Å². The van der Waals surface area contributed by atoms with Crippen molar-refractivity contribution in [3.63, 3.8) is 0 Å². The second-order valence-corrected chi connectivity index (χ2v) is 6.40. The van der Waals surface area contributed by atoms with Gasteiger partial charge in [-0.15, -0.1) is 0 Å². The van der Waals surface area contributed by atoms with E-state index in [1.54, 1.807) is 36.3 Å². The molecule has 0 saturated carbocycles. The van der Waals surface area contributed by atoms with Crippen molar-refractivity contribution in [1.82, 2.24) is 9.80 Å². The van der Waals surface area contributed by atoms with Crippen molar-refractivity contribution in [3.05, 3.63) is 24.3 Å². The zero-order valence-corrected chi connectivity index (χ0v) is 14.4. The van der Waals surface area contributed by atoms with Gasteiger partial charge in [0, 0.05) is 37.8 Å². The number of anilines is 1. The Hall–Kier alpha value is -2.57. The number of likely N-dealkylation sites (tertiary alicyclic amines) is 2. The zero-order valence-electron chi connectivity index (χ0n) is 14.4. The van der Waals surface area contributed by atoms with Gasteiger partial charge in [0.1, 0.15) is 5.75 Å². The molecule has 7 heteroatoms. The smallest absolute Gasteiger partial charge is 0.313 e. The fourth-order valence-electron chi connectivity index (χ4n) is 3.44. The van der Waals surface area contributed by atoms with Crippen LogP contribution >= 0.6 is 0 Å². The first kappa shape index (κ1) is 17.3. The number of benzene rings is 1. The van der Waals surface area contributed by atoms with Gasteiger partial charge in [-0.1, -0.05) is 0 Å². The number of carbonyl (C=O) groups is 3. The van der Waals surface area contributed by atoms with Gasteiger partial charge in [-0.3, -0.25) is 14.4 Å². The molecule has 0 spiro atoms. The number of methoxy groups -OCH3 is 1. The number of carbonyl (C=O) groups excluding carboxylic acids is 3. The first-order valence-electron chi connectivity index (χ1n) is 8.62. The van der Waals surface area contributed by atoms with Gasteiger partial charge in [0.15, 0.2) is 0 Å². The average Bonchev–Trinajstić information content (AvgIpc) is 3.08. The highest BCUT2D eigenvalue weighted by Gasteiger charge is 2.33. The number of hydrogen-bond donors (Lipinski definition) is 1. The van der Waals surface area contributed by atoms with Crippen LogP contribution in [0.25, 0.3) is 0 Å². The molecule has 2 saturated heterocycles. The Kier molecular flexibility index (Phi) is 5.21. The van der Waals surface area contributed by atoms with E-state index in [0.717, 1.165) is 25.8 Å². The average molecular weight is 345 g/mol. The van der Waals surface area contributed by atoms with Gasteiger partial charge in [0.2, 0.25) is 5.91 Å². The number of hydrogen-bond acceptors (Lipinski definition) is 4. The van der Waals surface area contributed by atoms with Crippen LogP contribution in [0.3, 0.4) is 0 Å². The fourth-order valence-corrected chi connectivity index (χ4v) is 3.44. The van der Waals surface area contributed by atoms with E-state index in [0.29, 0.717) is 30.9 Å². The van der Waals surface area contributed by atoms with Crippen molar-refractivity contribution >= 4 is 23.4 Å². The van der Waals surface area contributed by atoms with Crippen LogP contribution in [-0.4, -0.2) is 60.3 Å². The highest BCUT2D eigenvalue weighted by atomic mass is 16.5. The van der Waals surface area contributed by atoms with Gasteiger partial charge in [-0.05, 0) is 43.5 Å². The van der Waals surface area contributed by atoms with E-state index in [9.17, 15) is 14.4 Å². The van der Waals surface area contributed by atoms with Crippen LogP contribution in [0, 0.1) is 0 Å². The lowest BCUT2D eigenvalue weighted by Crippen LogP contribution is -2.49. The third kappa shape index (κ3) is 3.92. The Bertz CT molecular complexity index is 651. The van der Waals surface area contributed by atoms with Gasteiger partial charge in [0.05, 0.1) is 7.11 Å². The maximum absolute atomic E-state index is 12.3. The molecule has 3 amide bonds. The molecule has 1 aromatic rings. The predicted octanol–water partition coefficient (Wildman–Crippen LogP) is 1.25. The third-order valence-electron chi connectivity index (χ3n) is 4.84. The molecule has 2 aliphatic heterocycles. The zero-order chi connectivity index (χ0) is 17.8. The minimum atomic E-state index is -0.638. The largest absolute Gasteiger partial charge is 0.497 e. The molecule has 3 rings (SSSR count). The summed E-state index contributed by atoms with van der Waals surface area (Å²) in [4.78, 5) is 39.8. The van der Waals surface area contributed by atoms with Crippen LogP contribution in [0.5, 0.6) is 5.75 Å². The number of amides is 3. The standard InChI is InChI=1S/C18H23N3O4/c1-25-15-6-4-13(5-7-15)19-17(23)18(24)20-11-8-14(9-12-20)21-10-2-3-16(21)22/h4-7,14H,2-3,8-12H2,1H3,(H,19,23). The summed E-state index contributed by atoms with van der Waals surface area (Å²) in [6, 6.07) is 7.02. The molecule has 0 aromatic heterocycles. The van der Waals surface area contributed by atoms with E-state index >= 15 is 0 Å². The summed E-state index contributed by atoms with van der Waals surface area (Å²) in [5, 5.41) is 2.61. The summed E-state index contributed by atoms with van der Waals surface area (Å²) < 4.78 is 5.06. The molecule has 0 unspecified atom stereocenters. The minimum absolute atomic E-state index is 0.198. The number of nitrogens with zero attached hydrogens (tertiary/aromatic N) is 2. The van der Waals surface area contributed by atoms with Crippen LogP contribution in [0.2, 0.25) is 0 Å². The molecule has 25 heavy (non-hydrogen) atoms. The first-order valence-corrected chi connectivity index (χ1v) is 8.62. The molecule has 134 valence electrons. The molecule has 1 aromatic carbocycles. The Morgan fingerprint density at radius 3 is 2.36 bits per heavy atom. The predicted molar refractivity (Wildman–Crippen MR) is 92.2 cm³/mol. The first-order chi connectivity index (χ1) is 12.1. The van der Waals surface area contributed by atoms with Crippen LogP contribution in [0.1, 0.15) is 25.7 Å². The molecule has 2 heterocycles. The molecular weight excluding hydrogens is 322 g/mol. The third-order valence-corrected chi connectivity index (χ3v) is 4.84. The van der Waals surface area contributed by atoms with Crippen molar-refractivity contribution in [2.75, 3.05) is 32.1 Å². The SMILES string of the molecule is COc1ccc(NC(=O)C(=O)N2CCC(N3CCCC3=O)CC2)cc1. The summed E-state index contributed by atoms with van der Waals surface area (Å²) in [5.41, 5.74) is 0.552. The van der Waals surface area contributed by atoms with E-state index in [1.807, 2.05) is 4.90 Å². The van der Waals surface area contributed by atoms with Gasteiger partial charge >= 0.3 is 11.8 Å². The monoisotopic (exact) mass is 345 g/mol. The second-order valence-electron chi connectivity index (χ2n) is 6.40. The van der Waals surface area contributed by atoms with Crippen LogP contribution in [0.15, 0.2) is 24.3 Å². The topological polar surface area (TPSA) is 79.0 Å². The molecule has 0 bridgehead atoms. The molecule has 0 aliphatic carbocycles. The fraction of sp³-hybridized carbons (Fsp3) is 0.500. The highest BCUT2D eigenvalue weighted by molar-refractivity contribution is 6.39. The normalized spacial score (nSPS) is 18.4. The van der Waals surface area contributed by atoms with E-state index in [-0.39, 0.29) is 11.9 Å². The van der Waals surface area contributed by atoms with E-state index < -0.39 is 11.8 Å². The Labute approximate surface area is 146 Å². The Morgan fingerprint density at radius 2 is 1.80 bits per heavy atom. The summed E-state index contributed by atoms with van der Waals surface area (Å²) in [5.74, 6) is -0.271. The molecule has 2 fully saturated rings. The van der Waals surface area contributed by atoms with Crippen molar-refractivity contribution in [3.8, 4) is 5.75 Å². The number of rotatable bonds is 3. The Morgan fingerprint density at radius 1 is 1.12 bits per heavy atom. The lowest BCUT2D eigenvalue weighted by atomic mass is 10.0. The lowest BCUT2D eigenvalue weighted by molar-refractivity contribution is -0.144. The van der Waals surface area contributed by atoms with Crippen molar-refractivity contribution in [2.45, 2.75) is 31.7 Å². The molecule has 1 N–H and O–H groups in total. The maximum atomic E-state index is 12.3. The van der Waals surface area contributed by atoms with Crippen molar-refractivity contribution in [2.24, 2.45) is 0 Å².